The summed E-state index contributed by atoms with van der Waals surface area (Å²) in [5, 5.41) is 7.86. The number of carbonyl (C=O) groups excluding carboxylic acids is 1. The molecule has 0 aliphatic carbocycles. The molecule has 0 radical (unpaired) electrons. The fourth-order valence-electron chi connectivity index (χ4n) is 3.92. The van der Waals surface area contributed by atoms with Gasteiger partial charge in [-0.05, 0) is 84.9 Å². The predicted octanol–water partition coefficient (Wildman–Crippen LogP) is 9.14. The fourth-order valence-corrected chi connectivity index (χ4v) is 5.83. The molecule has 10 nitrogen and oxygen atoms in total. The van der Waals surface area contributed by atoms with E-state index >= 15 is 0 Å². The lowest BCUT2D eigenvalue weighted by Crippen LogP contribution is -2.03. The first-order valence-corrected chi connectivity index (χ1v) is 16.6. The highest BCUT2D eigenvalue weighted by atomic mass is 35.5. The Labute approximate surface area is 295 Å². The van der Waals surface area contributed by atoms with Gasteiger partial charge in [0.25, 0.3) is 0 Å². The first kappa shape index (κ1) is 34.3. The summed E-state index contributed by atoms with van der Waals surface area (Å²) in [4.78, 5) is 31.4. The number of ether oxygens (including phenoxy) is 1. The Kier molecular flexibility index (Phi) is 11.9. The summed E-state index contributed by atoms with van der Waals surface area (Å²) in [5.74, 6) is 1.77. The van der Waals surface area contributed by atoms with Crippen LogP contribution in [0, 0.1) is 0 Å². The van der Waals surface area contributed by atoms with Crippen LogP contribution in [0.3, 0.4) is 0 Å². The topological polar surface area (TPSA) is 154 Å². The molecule has 0 spiro atoms. The van der Waals surface area contributed by atoms with Crippen LogP contribution in [0.4, 0.5) is 34.9 Å². The normalized spacial score (nSPS) is 10.4. The molecule has 2 aromatic heterocycles. The zero-order valence-electron chi connectivity index (χ0n) is 25.3. The van der Waals surface area contributed by atoms with Crippen molar-refractivity contribution in [1.82, 2.24) is 19.9 Å². The van der Waals surface area contributed by atoms with Crippen LogP contribution in [0.15, 0.2) is 135 Å². The van der Waals surface area contributed by atoms with Gasteiger partial charge in [-0.3, -0.25) is 4.79 Å². The second kappa shape index (κ2) is 16.7. The molecule has 0 aliphatic rings. The van der Waals surface area contributed by atoms with Gasteiger partial charge in [-0.1, -0.05) is 64.9 Å². The van der Waals surface area contributed by atoms with E-state index in [9.17, 15) is 4.79 Å². The largest absolute Gasteiger partial charge is 0.427 e. The number of para-hydroxylation sites is 1. The van der Waals surface area contributed by atoms with Crippen LogP contribution in [0.2, 0.25) is 10.0 Å². The number of nitrogens with zero attached hydrogens (tertiary/aromatic N) is 4. The van der Waals surface area contributed by atoms with Crippen molar-refractivity contribution in [3.8, 4) is 5.75 Å². The summed E-state index contributed by atoms with van der Waals surface area (Å²) in [6.07, 6.45) is 3.38. The lowest BCUT2D eigenvalue weighted by molar-refractivity contribution is -0.131. The van der Waals surface area contributed by atoms with Gasteiger partial charge in [0.2, 0.25) is 11.9 Å². The average Bonchev–Trinajstić information content (AvgIpc) is 3.07. The Morgan fingerprint density at radius 1 is 0.646 bits per heavy atom. The van der Waals surface area contributed by atoms with Gasteiger partial charge >= 0.3 is 5.97 Å². The van der Waals surface area contributed by atoms with E-state index in [2.05, 4.69) is 30.6 Å². The van der Waals surface area contributed by atoms with E-state index in [1.54, 1.807) is 48.4 Å². The summed E-state index contributed by atoms with van der Waals surface area (Å²) >= 11 is 14.9. The van der Waals surface area contributed by atoms with Crippen molar-refractivity contribution >= 4 is 87.6 Å². The molecule has 242 valence electrons. The molecule has 0 atom stereocenters. The minimum absolute atomic E-state index is 0.171. The third-order valence-corrected chi connectivity index (χ3v) is 8.60. The highest BCUT2D eigenvalue weighted by Gasteiger charge is 2.11. The number of nitrogens with one attached hydrogen (secondary N) is 2. The molecular weight excluding hydrogens is 687 g/mol. The number of hydrogen-bond donors (Lipinski definition) is 4. The molecular formula is C34H28Cl2N8O2S2. The molecule has 6 aromatic rings. The average molecular weight is 716 g/mol. The summed E-state index contributed by atoms with van der Waals surface area (Å²) in [5.41, 5.74) is 13.2. The maximum Gasteiger partial charge on any atom is 0.308 e. The molecule has 0 bridgehead atoms. The third-order valence-electron chi connectivity index (χ3n) is 6.05. The summed E-state index contributed by atoms with van der Waals surface area (Å²) in [6, 6.07) is 31.9. The second-order valence-electron chi connectivity index (χ2n) is 9.73. The van der Waals surface area contributed by atoms with Gasteiger partial charge in [-0.15, -0.1) is 0 Å². The highest BCUT2D eigenvalue weighted by Crippen LogP contribution is 2.35. The van der Waals surface area contributed by atoms with Crippen molar-refractivity contribution in [3.05, 3.63) is 126 Å². The third kappa shape index (κ3) is 10.5. The number of halogens is 2. The SMILES string of the molecule is CC(=O)Oc1ccc(Nc2nc(N)ncc2Sc2ccc(Cl)cc2)cc1.Nc1ncc(Sc2ccc(Cl)cc2)c(Nc2ccccc2)n1. The molecule has 0 unspecified atom stereocenters. The first-order chi connectivity index (χ1) is 23.2. The molecule has 0 amide bonds. The maximum absolute atomic E-state index is 11.0. The smallest absolute Gasteiger partial charge is 0.308 e. The summed E-state index contributed by atoms with van der Waals surface area (Å²) in [7, 11) is 0. The van der Waals surface area contributed by atoms with E-state index in [4.69, 9.17) is 39.4 Å². The Bertz CT molecular complexity index is 1970. The van der Waals surface area contributed by atoms with Crippen molar-refractivity contribution in [2.45, 2.75) is 26.5 Å². The molecule has 0 fully saturated rings. The Hall–Kier alpha value is -5.01. The van der Waals surface area contributed by atoms with Gasteiger partial charge < -0.3 is 26.8 Å². The molecule has 4 aromatic carbocycles. The zero-order chi connectivity index (χ0) is 33.9. The van der Waals surface area contributed by atoms with E-state index in [1.165, 1.54) is 18.7 Å². The van der Waals surface area contributed by atoms with E-state index in [-0.39, 0.29) is 17.9 Å². The Morgan fingerprint density at radius 3 is 1.52 bits per heavy atom. The van der Waals surface area contributed by atoms with Gasteiger partial charge in [0.1, 0.15) is 17.4 Å². The van der Waals surface area contributed by atoms with Crippen molar-refractivity contribution < 1.29 is 9.53 Å². The standard InChI is InChI=1S/C18H15ClN4O2S.C16H13ClN4S/c1-11(24)25-14-6-4-13(5-7-14)22-17-16(10-21-18(20)23-17)26-15-8-2-12(19)3-9-15;17-11-6-8-13(9-7-11)22-14-10-19-16(18)21-15(14)20-12-4-2-1-3-5-12/h2-10H,1H3,(H3,20,21,22,23);1-10H,(H3,18,19,20,21). The number of anilines is 6. The Morgan fingerprint density at radius 2 is 1.08 bits per heavy atom. The molecule has 0 saturated heterocycles. The van der Waals surface area contributed by atoms with Gasteiger partial charge in [-0.25, -0.2) is 9.97 Å². The van der Waals surface area contributed by atoms with Crippen LogP contribution < -0.4 is 26.8 Å². The van der Waals surface area contributed by atoms with Crippen LogP contribution in [0.25, 0.3) is 0 Å². The number of aromatic nitrogens is 4. The van der Waals surface area contributed by atoms with Crippen molar-refractivity contribution in [2.24, 2.45) is 0 Å². The number of hydrogen-bond acceptors (Lipinski definition) is 12. The number of rotatable bonds is 9. The second-order valence-corrected chi connectivity index (χ2v) is 12.8. The van der Waals surface area contributed by atoms with E-state index in [1.807, 2.05) is 78.9 Å². The molecule has 2 heterocycles. The van der Waals surface area contributed by atoms with Gasteiger partial charge in [-0.2, -0.15) is 9.97 Å². The number of benzene rings is 4. The number of carbonyl (C=O) groups is 1. The van der Waals surface area contributed by atoms with Crippen LogP contribution in [-0.4, -0.2) is 25.9 Å². The van der Waals surface area contributed by atoms with Crippen molar-refractivity contribution in [1.29, 1.82) is 0 Å². The maximum atomic E-state index is 11.0. The Balaban J connectivity index is 0.000000190. The zero-order valence-corrected chi connectivity index (χ0v) is 28.4. The van der Waals surface area contributed by atoms with Crippen LogP contribution in [-0.2, 0) is 4.79 Å². The van der Waals surface area contributed by atoms with Crippen molar-refractivity contribution in [3.63, 3.8) is 0 Å². The minimum atomic E-state index is -0.365. The number of nitrogen functional groups attached to an aromatic ring is 2. The van der Waals surface area contributed by atoms with Crippen LogP contribution in [0.1, 0.15) is 6.92 Å². The first-order valence-electron chi connectivity index (χ1n) is 14.2. The molecule has 48 heavy (non-hydrogen) atoms. The van der Waals surface area contributed by atoms with Crippen LogP contribution >= 0.6 is 46.7 Å². The highest BCUT2D eigenvalue weighted by molar-refractivity contribution is 7.99. The molecule has 6 N–H and O–H groups in total. The lowest BCUT2D eigenvalue weighted by atomic mass is 10.3. The summed E-state index contributed by atoms with van der Waals surface area (Å²) in [6.45, 7) is 1.36. The molecule has 0 saturated carbocycles. The molecule has 14 heteroatoms. The fraction of sp³-hybridized carbons (Fsp3) is 0.0294. The quantitative estimate of drug-likeness (QED) is 0.0834. The van der Waals surface area contributed by atoms with E-state index < -0.39 is 0 Å². The monoisotopic (exact) mass is 714 g/mol. The number of nitrogens with two attached hydrogens (primary N) is 2. The number of esters is 1. The van der Waals surface area contributed by atoms with E-state index in [0.717, 1.165) is 31.0 Å². The predicted molar refractivity (Wildman–Crippen MR) is 195 cm³/mol. The summed E-state index contributed by atoms with van der Waals surface area (Å²) < 4.78 is 5.02. The lowest BCUT2D eigenvalue weighted by Gasteiger charge is -2.11. The molecule has 6 rings (SSSR count). The molecule has 0 aliphatic heterocycles. The van der Waals surface area contributed by atoms with Crippen molar-refractivity contribution in [2.75, 3.05) is 22.1 Å². The van der Waals surface area contributed by atoms with E-state index in [0.29, 0.717) is 27.4 Å². The van der Waals surface area contributed by atoms with Gasteiger partial charge in [0, 0.05) is 50.5 Å². The minimum Gasteiger partial charge on any atom is -0.427 e. The van der Waals surface area contributed by atoms with Gasteiger partial charge in [0.05, 0.1) is 9.79 Å². The van der Waals surface area contributed by atoms with Gasteiger partial charge in [0.15, 0.2) is 0 Å². The van der Waals surface area contributed by atoms with Crippen LogP contribution in [0.5, 0.6) is 5.75 Å².